The molecule has 0 aliphatic rings. The molecule has 0 radical (unpaired) electrons. The molecule has 0 fully saturated rings. The monoisotopic (exact) mass is 265 g/mol. The minimum absolute atomic E-state index is 0.432. The van der Waals surface area contributed by atoms with Crippen LogP contribution in [0.5, 0.6) is 0 Å². The van der Waals surface area contributed by atoms with E-state index in [1.165, 1.54) is 0 Å². The average molecular weight is 266 g/mol. The predicted octanol–water partition coefficient (Wildman–Crippen LogP) is 4.22. The molecular weight excluding hydrogens is 257 g/mol. The van der Waals surface area contributed by atoms with E-state index < -0.39 is 0 Å². The third kappa shape index (κ3) is 2.60. The van der Waals surface area contributed by atoms with Crippen molar-refractivity contribution >= 4 is 28.9 Å². The normalized spacial score (nSPS) is 11.5. The van der Waals surface area contributed by atoms with E-state index in [4.69, 9.17) is 28.4 Å². The maximum atomic E-state index is 9.10. The quantitative estimate of drug-likeness (QED) is 0.492. The van der Waals surface area contributed by atoms with Crippen LogP contribution in [0.1, 0.15) is 11.1 Å². The summed E-state index contributed by atoms with van der Waals surface area (Å²) in [5.74, 6) is 0. The molecule has 0 atom stereocenters. The Labute approximate surface area is 109 Å². The highest BCUT2D eigenvalue weighted by Gasteiger charge is 2.09. The first-order valence-electron chi connectivity index (χ1n) is 4.95. The summed E-state index contributed by atoms with van der Waals surface area (Å²) in [4.78, 5) is 0. The Morgan fingerprint density at radius 2 is 1.59 bits per heavy atom. The predicted molar refractivity (Wildman–Crippen MR) is 70.3 cm³/mol. The summed E-state index contributed by atoms with van der Waals surface area (Å²) in [5, 5.41) is 13.3. The molecule has 0 aliphatic carbocycles. The number of benzene rings is 2. The molecule has 86 valence electrons. The van der Waals surface area contributed by atoms with Crippen molar-refractivity contribution in [1.82, 2.24) is 0 Å². The van der Waals surface area contributed by atoms with Gasteiger partial charge in [-0.05, 0) is 12.1 Å². The van der Waals surface area contributed by atoms with Crippen LogP contribution in [0.15, 0.2) is 53.7 Å². The molecule has 1 N–H and O–H groups in total. The van der Waals surface area contributed by atoms with Crippen molar-refractivity contribution < 1.29 is 5.21 Å². The molecule has 4 heteroatoms. The second-order valence-corrected chi connectivity index (χ2v) is 4.26. The van der Waals surface area contributed by atoms with Crippen LogP contribution in [0.4, 0.5) is 0 Å². The van der Waals surface area contributed by atoms with Gasteiger partial charge in [0.2, 0.25) is 0 Å². The summed E-state index contributed by atoms with van der Waals surface area (Å²) in [6.07, 6.45) is 0. The summed E-state index contributed by atoms with van der Waals surface area (Å²) in [5.41, 5.74) is 1.99. The minimum Gasteiger partial charge on any atom is -0.410 e. The average Bonchev–Trinajstić information content (AvgIpc) is 2.36. The van der Waals surface area contributed by atoms with Gasteiger partial charge in [0, 0.05) is 11.1 Å². The van der Waals surface area contributed by atoms with Crippen LogP contribution in [-0.4, -0.2) is 10.9 Å². The van der Waals surface area contributed by atoms with Gasteiger partial charge in [0.15, 0.2) is 0 Å². The van der Waals surface area contributed by atoms with Gasteiger partial charge >= 0.3 is 0 Å². The number of nitrogens with zero attached hydrogens (tertiary/aromatic N) is 1. The molecule has 2 aromatic carbocycles. The van der Waals surface area contributed by atoms with Crippen LogP contribution in [0.3, 0.4) is 0 Å². The standard InChI is InChI=1S/C13H9Cl2NO/c14-11-7-6-10(8-12(11)15)13(16-17)9-4-2-1-3-5-9/h1-8,17H/b16-13-. The first-order valence-corrected chi connectivity index (χ1v) is 5.71. The molecule has 0 spiro atoms. The number of hydrogen-bond donors (Lipinski definition) is 1. The second kappa shape index (κ2) is 5.21. The molecule has 0 amide bonds. The van der Waals surface area contributed by atoms with E-state index in [1.54, 1.807) is 18.2 Å². The van der Waals surface area contributed by atoms with Crippen LogP contribution >= 0.6 is 23.2 Å². The number of oxime groups is 1. The first kappa shape index (κ1) is 12.0. The Kier molecular flexibility index (Phi) is 3.67. The van der Waals surface area contributed by atoms with Crippen LogP contribution in [0.2, 0.25) is 10.0 Å². The number of rotatable bonds is 2. The SMILES string of the molecule is O/N=C(/c1ccccc1)c1ccc(Cl)c(Cl)c1. The van der Waals surface area contributed by atoms with Crippen LogP contribution in [0.25, 0.3) is 0 Å². The zero-order chi connectivity index (χ0) is 12.3. The summed E-state index contributed by atoms with van der Waals surface area (Å²) < 4.78 is 0. The Hall–Kier alpha value is -1.51. The van der Waals surface area contributed by atoms with Crippen molar-refractivity contribution in [2.24, 2.45) is 5.16 Å². The van der Waals surface area contributed by atoms with Gasteiger partial charge < -0.3 is 5.21 Å². The van der Waals surface area contributed by atoms with E-state index in [1.807, 2.05) is 30.3 Å². The third-order valence-corrected chi connectivity index (χ3v) is 3.08. The van der Waals surface area contributed by atoms with Gasteiger partial charge in [0.1, 0.15) is 5.71 Å². The Balaban J connectivity index is 2.47. The lowest BCUT2D eigenvalue weighted by Gasteiger charge is -2.05. The fraction of sp³-hybridized carbons (Fsp3) is 0. The minimum atomic E-state index is 0.432. The molecule has 0 aromatic heterocycles. The van der Waals surface area contributed by atoms with Crippen molar-refractivity contribution in [1.29, 1.82) is 0 Å². The van der Waals surface area contributed by atoms with Crippen LogP contribution in [0, 0.1) is 0 Å². The molecule has 2 rings (SSSR count). The molecule has 0 saturated carbocycles. The lowest BCUT2D eigenvalue weighted by Crippen LogP contribution is -2.02. The molecule has 0 unspecified atom stereocenters. The zero-order valence-corrected chi connectivity index (χ0v) is 10.3. The van der Waals surface area contributed by atoms with Gasteiger partial charge in [-0.15, -0.1) is 0 Å². The summed E-state index contributed by atoms with van der Waals surface area (Å²) in [6.45, 7) is 0. The molecule has 2 aromatic rings. The molecule has 0 bridgehead atoms. The van der Waals surface area contributed by atoms with Crippen molar-refractivity contribution in [2.45, 2.75) is 0 Å². The van der Waals surface area contributed by atoms with Gasteiger partial charge in [0.25, 0.3) is 0 Å². The van der Waals surface area contributed by atoms with Crippen molar-refractivity contribution in [3.05, 3.63) is 69.7 Å². The van der Waals surface area contributed by atoms with Gasteiger partial charge in [-0.1, -0.05) is 64.8 Å². The fourth-order valence-corrected chi connectivity index (χ4v) is 1.82. The molecule has 0 saturated heterocycles. The van der Waals surface area contributed by atoms with E-state index in [2.05, 4.69) is 5.16 Å². The summed E-state index contributed by atoms with van der Waals surface area (Å²) in [7, 11) is 0. The second-order valence-electron chi connectivity index (χ2n) is 3.44. The topological polar surface area (TPSA) is 32.6 Å². The van der Waals surface area contributed by atoms with E-state index in [-0.39, 0.29) is 0 Å². The molecule has 2 nitrogen and oxygen atoms in total. The maximum Gasteiger partial charge on any atom is 0.117 e. The van der Waals surface area contributed by atoms with Crippen LogP contribution < -0.4 is 0 Å². The highest BCUT2D eigenvalue weighted by Crippen LogP contribution is 2.24. The van der Waals surface area contributed by atoms with Gasteiger partial charge in [-0.2, -0.15) is 0 Å². The highest BCUT2D eigenvalue weighted by atomic mass is 35.5. The largest absolute Gasteiger partial charge is 0.410 e. The third-order valence-electron chi connectivity index (χ3n) is 2.34. The highest BCUT2D eigenvalue weighted by molar-refractivity contribution is 6.42. The molecule has 17 heavy (non-hydrogen) atoms. The van der Waals surface area contributed by atoms with E-state index in [9.17, 15) is 0 Å². The Bertz CT molecular complexity index is 553. The smallest absolute Gasteiger partial charge is 0.117 e. The van der Waals surface area contributed by atoms with E-state index in [0.29, 0.717) is 21.3 Å². The van der Waals surface area contributed by atoms with Gasteiger partial charge in [-0.3, -0.25) is 0 Å². The van der Waals surface area contributed by atoms with Crippen LogP contribution in [-0.2, 0) is 0 Å². The van der Waals surface area contributed by atoms with Crippen molar-refractivity contribution in [3.8, 4) is 0 Å². The lowest BCUT2D eigenvalue weighted by atomic mass is 10.0. The van der Waals surface area contributed by atoms with Crippen molar-refractivity contribution in [3.63, 3.8) is 0 Å². The molecule has 0 aliphatic heterocycles. The van der Waals surface area contributed by atoms with Crippen molar-refractivity contribution in [2.75, 3.05) is 0 Å². The van der Waals surface area contributed by atoms with E-state index >= 15 is 0 Å². The Morgan fingerprint density at radius 3 is 2.18 bits per heavy atom. The Morgan fingerprint density at radius 1 is 0.882 bits per heavy atom. The van der Waals surface area contributed by atoms with Gasteiger partial charge in [0.05, 0.1) is 10.0 Å². The number of hydrogen-bond acceptors (Lipinski definition) is 2. The number of halogens is 2. The van der Waals surface area contributed by atoms with Gasteiger partial charge in [-0.25, -0.2) is 0 Å². The van der Waals surface area contributed by atoms with E-state index in [0.717, 1.165) is 5.56 Å². The lowest BCUT2D eigenvalue weighted by molar-refractivity contribution is 0.319. The first-order chi connectivity index (χ1) is 8.22. The zero-order valence-electron chi connectivity index (χ0n) is 8.77. The summed E-state index contributed by atoms with van der Waals surface area (Å²) >= 11 is 11.8. The molecule has 0 heterocycles. The summed E-state index contributed by atoms with van der Waals surface area (Å²) in [6, 6.07) is 14.5. The fourth-order valence-electron chi connectivity index (χ4n) is 1.52. The molecular formula is C13H9Cl2NO. The maximum absolute atomic E-state index is 9.10.